The number of nitrogens with zero attached hydrogens (tertiary/aromatic N) is 1. The summed E-state index contributed by atoms with van der Waals surface area (Å²) in [7, 11) is 1.63. The molecule has 0 saturated carbocycles. The summed E-state index contributed by atoms with van der Waals surface area (Å²) >= 11 is 0. The quantitative estimate of drug-likeness (QED) is 0.830. The summed E-state index contributed by atoms with van der Waals surface area (Å²) in [6.45, 7) is 0.691. The first-order valence-corrected chi connectivity index (χ1v) is 4.63. The van der Waals surface area contributed by atoms with Gasteiger partial charge in [-0.25, -0.2) is 4.98 Å². The van der Waals surface area contributed by atoms with E-state index in [1.807, 2.05) is 18.2 Å². The van der Waals surface area contributed by atoms with E-state index < -0.39 is 0 Å². The van der Waals surface area contributed by atoms with Crippen LogP contribution in [0.3, 0.4) is 0 Å². The van der Waals surface area contributed by atoms with Gasteiger partial charge < -0.3 is 14.5 Å². The van der Waals surface area contributed by atoms with Crippen LogP contribution in [0.25, 0.3) is 0 Å². The predicted octanol–water partition coefficient (Wildman–Crippen LogP) is 2.30. The maximum Gasteiger partial charge on any atom is 0.129 e. The standard InChI is InChI=1S/C11H12N2O2/c1-14-10-2-4-12-11(6-10)13-7-9-3-5-15-8-9/h2-6,8H,7H2,1H3,(H,12,13). The molecule has 0 aliphatic carbocycles. The number of ether oxygens (including phenoxy) is 1. The molecule has 2 rings (SSSR count). The molecule has 78 valence electrons. The first kappa shape index (κ1) is 9.58. The number of hydrogen-bond acceptors (Lipinski definition) is 4. The molecule has 0 aliphatic heterocycles. The van der Waals surface area contributed by atoms with Gasteiger partial charge in [-0.1, -0.05) is 0 Å². The van der Waals surface area contributed by atoms with E-state index in [0.29, 0.717) is 6.54 Å². The van der Waals surface area contributed by atoms with Crippen molar-refractivity contribution in [2.45, 2.75) is 6.54 Å². The minimum absolute atomic E-state index is 0.691. The average Bonchev–Trinajstić information content (AvgIpc) is 2.79. The maximum absolute atomic E-state index is 5.09. The summed E-state index contributed by atoms with van der Waals surface area (Å²) < 4.78 is 10.1. The van der Waals surface area contributed by atoms with Crippen molar-refractivity contribution in [2.24, 2.45) is 0 Å². The molecule has 0 atom stereocenters. The summed E-state index contributed by atoms with van der Waals surface area (Å²) in [5.41, 5.74) is 1.08. The topological polar surface area (TPSA) is 47.3 Å². The van der Waals surface area contributed by atoms with Crippen molar-refractivity contribution in [1.82, 2.24) is 4.98 Å². The van der Waals surface area contributed by atoms with Crippen molar-refractivity contribution >= 4 is 5.82 Å². The van der Waals surface area contributed by atoms with Gasteiger partial charge in [0.05, 0.1) is 19.6 Å². The molecule has 0 aromatic carbocycles. The van der Waals surface area contributed by atoms with Gasteiger partial charge in [0.15, 0.2) is 0 Å². The lowest BCUT2D eigenvalue weighted by Crippen LogP contribution is -2.00. The molecule has 0 spiro atoms. The summed E-state index contributed by atoms with van der Waals surface area (Å²) in [4.78, 5) is 4.17. The summed E-state index contributed by atoms with van der Waals surface area (Å²) in [5, 5.41) is 3.17. The zero-order chi connectivity index (χ0) is 10.5. The van der Waals surface area contributed by atoms with E-state index in [4.69, 9.17) is 9.15 Å². The van der Waals surface area contributed by atoms with E-state index in [2.05, 4.69) is 10.3 Å². The van der Waals surface area contributed by atoms with E-state index in [1.165, 1.54) is 0 Å². The fourth-order valence-electron chi connectivity index (χ4n) is 1.22. The first-order chi connectivity index (χ1) is 7.38. The van der Waals surface area contributed by atoms with E-state index >= 15 is 0 Å². The molecule has 0 amide bonds. The maximum atomic E-state index is 5.09. The van der Waals surface area contributed by atoms with Crippen LogP contribution in [0.2, 0.25) is 0 Å². The van der Waals surface area contributed by atoms with Crippen molar-refractivity contribution < 1.29 is 9.15 Å². The Labute approximate surface area is 87.9 Å². The first-order valence-electron chi connectivity index (χ1n) is 4.63. The van der Waals surface area contributed by atoms with E-state index in [9.17, 15) is 0 Å². The molecule has 4 heteroatoms. The fraction of sp³-hybridized carbons (Fsp3) is 0.182. The molecule has 0 radical (unpaired) electrons. The van der Waals surface area contributed by atoms with Crippen molar-refractivity contribution in [2.75, 3.05) is 12.4 Å². The Morgan fingerprint density at radius 1 is 1.47 bits per heavy atom. The lowest BCUT2D eigenvalue weighted by Gasteiger charge is -2.05. The molecular formula is C11H12N2O2. The molecule has 4 nitrogen and oxygen atoms in total. The van der Waals surface area contributed by atoms with Gasteiger partial charge in [0.2, 0.25) is 0 Å². The van der Waals surface area contributed by atoms with Crippen LogP contribution in [0.1, 0.15) is 5.56 Å². The molecule has 0 unspecified atom stereocenters. The molecule has 0 fully saturated rings. The van der Waals surface area contributed by atoms with Crippen molar-refractivity contribution in [3.63, 3.8) is 0 Å². The monoisotopic (exact) mass is 204 g/mol. The van der Waals surface area contributed by atoms with Gasteiger partial charge >= 0.3 is 0 Å². The van der Waals surface area contributed by atoms with E-state index in [-0.39, 0.29) is 0 Å². The normalized spacial score (nSPS) is 9.93. The van der Waals surface area contributed by atoms with Crippen molar-refractivity contribution in [3.05, 3.63) is 42.5 Å². The largest absolute Gasteiger partial charge is 0.497 e. The Balaban J connectivity index is 1.98. The highest BCUT2D eigenvalue weighted by Gasteiger charge is 1.97. The average molecular weight is 204 g/mol. The van der Waals surface area contributed by atoms with Crippen LogP contribution in [0.4, 0.5) is 5.82 Å². The summed E-state index contributed by atoms with van der Waals surface area (Å²) in [6.07, 6.45) is 5.06. The third-order valence-corrected chi connectivity index (χ3v) is 2.02. The van der Waals surface area contributed by atoms with E-state index in [1.54, 1.807) is 25.8 Å². The van der Waals surface area contributed by atoms with Gasteiger partial charge in [0.1, 0.15) is 11.6 Å². The Morgan fingerprint density at radius 2 is 2.40 bits per heavy atom. The van der Waals surface area contributed by atoms with Crippen LogP contribution >= 0.6 is 0 Å². The summed E-state index contributed by atoms with van der Waals surface area (Å²) in [5.74, 6) is 1.58. The fourth-order valence-corrected chi connectivity index (χ4v) is 1.22. The number of hydrogen-bond donors (Lipinski definition) is 1. The minimum Gasteiger partial charge on any atom is -0.497 e. The number of nitrogens with one attached hydrogen (secondary N) is 1. The zero-order valence-electron chi connectivity index (χ0n) is 8.43. The third kappa shape index (κ3) is 2.49. The molecular weight excluding hydrogens is 192 g/mol. The molecule has 2 aromatic rings. The minimum atomic E-state index is 0.691. The van der Waals surface area contributed by atoms with Crippen molar-refractivity contribution in [1.29, 1.82) is 0 Å². The highest BCUT2D eigenvalue weighted by molar-refractivity contribution is 5.40. The molecule has 0 bridgehead atoms. The second kappa shape index (κ2) is 4.50. The van der Waals surface area contributed by atoms with Gasteiger partial charge in [-0.3, -0.25) is 0 Å². The van der Waals surface area contributed by atoms with Crippen LogP contribution in [0.15, 0.2) is 41.3 Å². The van der Waals surface area contributed by atoms with Gasteiger partial charge in [0, 0.05) is 24.4 Å². The molecule has 2 heterocycles. The molecule has 0 saturated heterocycles. The second-order valence-corrected chi connectivity index (χ2v) is 3.07. The Bertz CT molecular complexity index is 412. The van der Waals surface area contributed by atoms with Gasteiger partial charge in [0.25, 0.3) is 0 Å². The van der Waals surface area contributed by atoms with Crippen LogP contribution in [-0.2, 0) is 6.54 Å². The lowest BCUT2D eigenvalue weighted by molar-refractivity contribution is 0.414. The predicted molar refractivity (Wildman–Crippen MR) is 56.8 cm³/mol. The zero-order valence-corrected chi connectivity index (χ0v) is 8.43. The Kier molecular flexibility index (Phi) is 2.88. The van der Waals surface area contributed by atoms with Gasteiger partial charge in [-0.05, 0) is 12.1 Å². The highest BCUT2D eigenvalue weighted by atomic mass is 16.5. The number of pyridine rings is 1. The smallest absolute Gasteiger partial charge is 0.129 e. The van der Waals surface area contributed by atoms with E-state index in [0.717, 1.165) is 17.1 Å². The van der Waals surface area contributed by atoms with Crippen LogP contribution in [0, 0.1) is 0 Å². The van der Waals surface area contributed by atoms with Crippen LogP contribution < -0.4 is 10.1 Å². The molecule has 15 heavy (non-hydrogen) atoms. The number of anilines is 1. The third-order valence-electron chi connectivity index (χ3n) is 2.02. The summed E-state index contributed by atoms with van der Waals surface area (Å²) in [6, 6.07) is 5.57. The van der Waals surface area contributed by atoms with Crippen molar-refractivity contribution in [3.8, 4) is 5.75 Å². The van der Waals surface area contributed by atoms with Crippen LogP contribution in [-0.4, -0.2) is 12.1 Å². The SMILES string of the molecule is COc1ccnc(NCc2ccoc2)c1. The number of furan rings is 1. The van der Waals surface area contributed by atoms with Gasteiger partial charge in [-0.2, -0.15) is 0 Å². The number of aromatic nitrogens is 1. The Morgan fingerprint density at radius 3 is 3.13 bits per heavy atom. The second-order valence-electron chi connectivity index (χ2n) is 3.07. The molecule has 1 N–H and O–H groups in total. The number of rotatable bonds is 4. The highest BCUT2D eigenvalue weighted by Crippen LogP contribution is 2.14. The molecule has 0 aliphatic rings. The Hall–Kier alpha value is -1.97. The number of methoxy groups -OCH3 is 1. The van der Waals surface area contributed by atoms with Crippen LogP contribution in [0.5, 0.6) is 5.75 Å². The molecule has 2 aromatic heterocycles. The van der Waals surface area contributed by atoms with Gasteiger partial charge in [-0.15, -0.1) is 0 Å². The lowest BCUT2D eigenvalue weighted by atomic mass is 10.3.